The molecule has 0 aliphatic carbocycles. The molecule has 0 atom stereocenters. The first-order chi connectivity index (χ1) is 16.6. The van der Waals surface area contributed by atoms with Gasteiger partial charge in [0.15, 0.2) is 19.3 Å². The van der Waals surface area contributed by atoms with Crippen LogP contribution >= 0.6 is 0 Å². The Morgan fingerprint density at radius 1 is 0.275 bits per heavy atom. The van der Waals surface area contributed by atoms with E-state index >= 15 is 0 Å². The van der Waals surface area contributed by atoms with Crippen molar-refractivity contribution in [2.75, 3.05) is 0 Å². The van der Waals surface area contributed by atoms with Gasteiger partial charge in [-0.05, 0) is 0 Å². The SMILES string of the molecule is [Eu].[OH+]=C(CC(=[OH+])C(F)(F)F)C(F)(F)F.[OH+]=C(CC(=[OH+])C(F)(F)F)C(F)(F)F.[OH+]=C(CC(=[OH+])C(F)(F)F)C(F)(F)F. The molecule has 0 saturated heterocycles. The molecule has 0 aliphatic heterocycles. The fraction of sp³-hybridized carbons (Fsp3) is 0.600. The molecule has 6 nitrogen and oxygen atoms in total. The summed E-state index contributed by atoms with van der Waals surface area (Å²) in [6, 6.07) is 0. The van der Waals surface area contributed by atoms with Crippen LogP contribution in [0.5, 0.6) is 0 Å². The van der Waals surface area contributed by atoms with Gasteiger partial charge in [0.25, 0.3) is 0 Å². The molecule has 0 heterocycles. The van der Waals surface area contributed by atoms with Crippen molar-refractivity contribution in [3.63, 3.8) is 0 Å². The molecular weight excluding hydrogens is 770 g/mol. The van der Waals surface area contributed by atoms with E-state index in [0.717, 1.165) is 0 Å². The largest absolute Gasteiger partial charge is 0.505 e. The maximum absolute atomic E-state index is 11.4. The average Bonchev–Trinajstić information content (AvgIpc) is 2.64. The molecule has 0 rings (SSSR count). The number of rotatable bonds is 6. The van der Waals surface area contributed by atoms with Crippen LogP contribution in [0.25, 0.3) is 0 Å². The Balaban J connectivity index is -0.000000240. The second-order valence-electron chi connectivity index (χ2n) is 6.20. The van der Waals surface area contributed by atoms with E-state index in [-0.39, 0.29) is 49.4 Å². The molecule has 0 aromatic heterocycles. The van der Waals surface area contributed by atoms with Crippen LogP contribution in [0.2, 0.25) is 0 Å². The van der Waals surface area contributed by atoms with Crippen LogP contribution in [0, 0.1) is 49.4 Å². The molecule has 25 heteroatoms. The van der Waals surface area contributed by atoms with Gasteiger partial charge in [-0.3, -0.25) is 28.8 Å². The summed E-state index contributed by atoms with van der Waals surface area (Å²) in [5.74, 6) is -14.3. The zero-order valence-electron chi connectivity index (χ0n) is 18.0. The zero-order chi connectivity index (χ0) is 32.6. The van der Waals surface area contributed by atoms with E-state index < -0.39 is 91.0 Å². The molecule has 40 heavy (non-hydrogen) atoms. The summed E-state index contributed by atoms with van der Waals surface area (Å²) in [6.45, 7) is 0. The van der Waals surface area contributed by atoms with Gasteiger partial charge < -0.3 is 0 Å². The molecule has 6 N–H and O–H groups in total. The van der Waals surface area contributed by atoms with E-state index in [2.05, 4.69) is 0 Å². The zero-order valence-corrected chi connectivity index (χ0v) is 20.4. The number of alkyl halides is 18. The predicted molar refractivity (Wildman–Crippen MR) is 91.8 cm³/mol. The molecule has 0 fully saturated rings. The first-order valence-corrected chi connectivity index (χ1v) is 8.36. The van der Waals surface area contributed by atoms with Gasteiger partial charge >= 0.3 is 71.8 Å². The second-order valence-corrected chi connectivity index (χ2v) is 6.20. The third-order valence-corrected chi connectivity index (χ3v) is 2.97. The fourth-order valence-electron chi connectivity index (χ4n) is 1.08. The van der Waals surface area contributed by atoms with Crippen molar-refractivity contribution in [3.8, 4) is 0 Å². The van der Waals surface area contributed by atoms with E-state index in [1.807, 2.05) is 0 Å². The van der Waals surface area contributed by atoms with E-state index in [4.69, 9.17) is 28.8 Å². The Morgan fingerprint density at radius 3 is 0.400 bits per heavy atom. The molecule has 1 radical (unpaired) electrons. The van der Waals surface area contributed by atoms with Crippen LogP contribution in [0.3, 0.4) is 0 Å². The van der Waals surface area contributed by atoms with Crippen LogP contribution < -0.4 is 0 Å². The first-order valence-electron chi connectivity index (χ1n) is 8.36. The molecule has 0 bridgehead atoms. The standard InChI is InChI=1S/3C5H2F6O2.Eu/c3*6-4(7,8)2(12)1-3(13)5(9,10)11;/h3*1H2;/p+6. The van der Waals surface area contributed by atoms with Crippen molar-refractivity contribution < 1.29 is 157 Å². The monoisotopic (exact) mass is 783 g/mol. The molecule has 0 spiro atoms. The van der Waals surface area contributed by atoms with Crippen molar-refractivity contribution in [3.05, 3.63) is 0 Å². The van der Waals surface area contributed by atoms with Crippen molar-refractivity contribution in [1.82, 2.24) is 0 Å². The summed E-state index contributed by atoms with van der Waals surface area (Å²) in [5, 5.41) is 0. The van der Waals surface area contributed by atoms with E-state index in [1.165, 1.54) is 0 Å². The van der Waals surface area contributed by atoms with Crippen LogP contribution in [0.1, 0.15) is 19.3 Å². The van der Waals surface area contributed by atoms with E-state index in [0.29, 0.717) is 0 Å². The van der Waals surface area contributed by atoms with Gasteiger partial charge in [-0.1, -0.05) is 0 Å². The number of carbonyl (C=O) groups excluding carboxylic acids is 6. The smallest absolute Gasteiger partial charge is 0.273 e. The molecule has 235 valence electrons. The molecule has 0 aromatic carbocycles. The summed E-state index contributed by atoms with van der Waals surface area (Å²) in [5.41, 5.74) is 0. The number of hydrogen-bond acceptors (Lipinski definition) is 0. The number of halogens is 18. The van der Waals surface area contributed by atoms with Crippen molar-refractivity contribution >= 4 is 34.7 Å². The van der Waals surface area contributed by atoms with Gasteiger partial charge in [-0.2, -0.15) is 79.0 Å². The summed E-state index contributed by atoms with van der Waals surface area (Å²) in [6.07, 6.45) is -37.4. The molecule has 0 aliphatic rings. The summed E-state index contributed by atoms with van der Waals surface area (Å²) in [7, 11) is 0. The van der Waals surface area contributed by atoms with Crippen molar-refractivity contribution in [2.24, 2.45) is 0 Å². The van der Waals surface area contributed by atoms with Gasteiger partial charge in [-0.15, -0.1) is 0 Å². The van der Waals surface area contributed by atoms with Crippen LogP contribution in [0.4, 0.5) is 79.0 Å². The maximum atomic E-state index is 11.4. The summed E-state index contributed by atoms with van der Waals surface area (Å²) < 4.78 is 206. The molecule has 0 aromatic rings. The Bertz CT molecular complexity index is 726. The maximum Gasteiger partial charge on any atom is 0.505 e. The topological polar surface area (TPSA) is 128 Å². The first kappa shape index (κ1) is 45.3. The molecular formula is C15H12EuF18O6+6. The Morgan fingerprint density at radius 2 is 0.350 bits per heavy atom. The normalized spacial score (nSPS) is 12.4. The second kappa shape index (κ2) is 16.1. The van der Waals surface area contributed by atoms with Gasteiger partial charge in [0, 0.05) is 49.4 Å². The van der Waals surface area contributed by atoms with E-state index in [1.54, 1.807) is 0 Å². The predicted octanol–water partition coefficient (Wildman–Crippen LogP) is 4.77. The van der Waals surface area contributed by atoms with Crippen LogP contribution in [-0.2, 0) is 0 Å². The summed E-state index contributed by atoms with van der Waals surface area (Å²) >= 11 is 0. The molecule has 0 amide bonds. The van der Waals surface area contributed by atoms with Gasteiger partial charge in [-0.25, -0.2) is 0 Å². The average molecular weight is 782 g/mol. The van der Waals surface area contributed by atoms with Crippen LogP contribution in [0.15, 0.2) is 0 Å². The third kappa shape index (κ3) is 21.1. The minimum atomic E-state index is -5.25. The minimum Gasteiger partial charge on any atom is -0.273 e. The van der Waals surface area contributed by atoms with Gasteiger partial charge in [0.05, 0.1) is 0 Å². The third-order valence-electron chi connectivity index (χ3n) is 2.97. The van der Waals surface area contributed by atoms with Gasteiger partial charge in [0.1, 0.15) is 0 Å². The molecule has 0 saturated carbocycles. The quantitative estimate of drug-likeness (QED) is 0.209. The van der Waals surface area contributed by atoms with Crippen LogP contribution in [-0.4, -0.2) is 101 Å². The molecule has 0 unspecified atom stereocenters. The Kier molecular flexibility index (Phi) is 18.3. The summed E-state index contributed by atoms with van der Waals surface area (Å²) in [4.78, 5) is 48.2. The fourth-order valence-corrected chi connectivity index (χ4v) is 1.08. The number of ketones is 6. The Labute approximate surface area is 247 Å². The number of hydrogen-bond donors (Lipinski definition) is 0. The minimum absolute atomic E-state index is 0. The Hall–Kier alpha value is -1.66. The van der Waals surface area contributed by atoms with Gasteiger partial charge in [0.2, 0.25) is 0 Å². The van der Waals surface area contributed by atoms with E-state index in [9.17, 15) is 79.0 Å². The van der Waals surface area contributed by atoms with Crippen molar-refractivity contribution in [1.29, 1.82) is 0 Å². The van der Waals surface area contributed by atoms with Crippen molar-refractivity contribution in [2.45, 2.75) is 56.3 Å².